The molecule has 1 aromatic heterocycles. The number of aromatic amines is 1. The van der Waals surface area contributed by atoms with E-state index in [0.717, 1.165) is 41.4 Å². The van der Waals surface area contributed by atoms with E-state index in [0.29, 0.717) is 13.1 Å². The number of rotatable bonds is 4. The standard InChI is InChI=1S/C19H25N3O2/c1-4-20-19(24)16-6-5-7-22(16)11-15-10-14-9-12(2)8-13(3)17(14)21-18(15)23/h8-10,16H,4-7,11H2,1-3H3,(H,20,24)(H,21,23)/t16-/m0/s1. The summed E-state index contributed by atoms with van der Waals surface area (Å²) >= 11 is 0. The minimum Gasteiger partial charge on any atom is -0.355 e. The number of aryl methyl sites for hydroxylation is 2. The first-order valence-corrected chi connectivity index (χ1v) is 8.64. The number of nitrogens with zero attached hydrogens (tertiary/aromatic N) is 1. The van der Waals surface area contributed by atoms with E-state index >= 15 is 0 Å². The Morgan fingerprint density at radius 2 is 2.12 bits per heavy atom. The second-order valence-corrected chi connectivity index (χ2v) is 6.69. The molecule has 1 aliphatic heterocycles. The third-order valence-electron chi connectivity index (χ3n) is 4.76. The van der Waals surface area contributed by atoms with Crippen molar-refractivity contribution in [1.29, 1.82) is 0 Å². The van der Waals surface area contributed by atoms with Gasteiger partial charge in [-0.1, -0.05) is 11.6 Å². The molecule has 1 amide bonds. The van der Waals surface area contributed by atoms with Crippen molar-refractivity contribution >= 4 is 16.8 Å². The predicted molar refractivity (Wildman–Crippen MR) is 96.2 cm³/mol. The maximum atomic E-state index is 12.5. The summed E-state index contributed by atoms with van der Waals surface area (Å²) < 4.78 is 0. The van der Waals surface area contributed by atoms with Gasteiger partial charge in [-0.3, -0.25) is 14.5 Å². The van der Waals surface area contributed by atoms with E-state index < -0.39 is 0 Å². The quantitative estimate of drug-likeness (QED) is 0.905. The molecule has 1 atom stereocenters. The van der Waals surface area contributed by atoms with Crippen molar-refractivity contribution in [2.24, 2.45) is 0 Å². The molecule has 1 fully saturated rings. The summed E-state index contributed by atoms with van der Waals surface area (Å²) in [6, 6.07) is 6.01. The van der Waals surface area contributed by atoms with Gasteiger partial charge >= 0.3 is 0 Å². The first-order chi connectivity index (χ1) is 11.5. The van der Waals surface area contributed by atoms with Gasteiger partial charge in [-0.2, -0.15) is 0 Å². The van der Waals surface area contributed by atoms with Crippen molar-refractivity contribution in [1.82, 2.24) is 15.2 Å². The Balaban J connectivity index is 1.91. The van der Waals surface area contributed by atoms with E-state index in [2.05, 4.69) is 34.3 Å². The fourth-order valence-corrected chi connectivity index (χ4v) is 3.67. The number of carbonyl (C=O) groups excluding carboxylic acids is 1. The molecule has 1 saturated heterocycles. The summed E-state index contributed by atoms with van der Waals surface area (Å²) in [5.41, 5.74) is 3.82. The number of pyridine rings is 1. The molecule has 0 radical (unpaired) electrons. The number of hydrogen-bond acceptors (Lipinski definition) is 3. The van der Waals surface area contributed by atoms with Gasteiger partial charge < -0.3 is 10.3 Å². The van der Waals surface area contributed by atoms with Gasteiger partial charge in [-0.25, -0.2) is 0 Å². The Labute approximate surface area is 142 Å². The lowest BCUT2D eigenvalue weighted by atomic mass is 10.0. The van der Waals surface area contributed by atoms with E-state index in [1.807, 2.05) is 19.9 Å². The van der Waals surface area contributed by atoms with Gasteiger partial charge in [-0.15, -0.1) is 0 Å². The van der Waals surface area contributed by atoms with Crippen LogP contribution in [0.3, 0.4) is 0 Å². The number of nitrogens with one attached hydrogen (secondary N) is 2. The number of aromatic nitrogens is 1. The van der Waals surface area contributed by atoms with Crippen LogP contribution in [0.5, 0.6) is 0 Å². The molecule has 0 bridgehead atoms. The third-order valence-corrected chi connectivity index (χ3v) is 4.76. The fourth-order valence-electron chi connectivity index (χ4n) is 3.67. The number of likely N-dealkylation sites (tertiary alicyclic amines) is 1. The summed E-state index contributed by atoms with van der Waals surface area (Å²) in [6.45, 7) is 8.00. The first-order valence-electron chi connectivity index (χ1n) is 8.64. The van der Waals surface area contributed by atoms with Gasteiger partial charge in [-0.05, 0) is 63.2 Å². The Hall–Kier alpha value is -2.14. The minimum atomic E-state index is -0.126. The first kappa shape index (κ1) is 16.7. The molecule has 5 nitrogen and oxygen atoms in total. The Bertz CT molecular complexity index is 825. The van der Waals surface area contributed by atoms with E-state index in [9.17, 15) is 9.59 Å². The van der Waals surface area contributed by atoms with Crippen LogP contribution in [-0.4, -0.2) is 34.9 Å². The molecular formula is C19H25N3O2. The average molecular weight is 327 g/mol. The number of benzene rings is 1. The molecule has 0 aliphatic carbocycles. The number of likely N-dealkylation sites (N-methyl/N-ethyl adjacent to an activating group) is 1. The molecule has 1 aliphatic rings. The fraction of sp³-hybridized carbons (Fsp3) is 0.474. The molecule has 5 heteroatoms. The van der Waals surface area contributed by atoms with Crippen LogP contribution in [0, 0.1) is 13.8 Å². The highest BCUT2D eigenvalue weighted by atomic mass is 16.2. The van der Waals surface area contributed by atoms with Crippen LogP contribution in [0.15, 0.2) is 23.0 Å². The number of hydrogen-bond donors (Lipinski definition) is 2. The molecule has 0 spiro atoms. The van der Waals surface area contributed by atoms with Crippen molar-refractivity contribution < 1.29 is 4.79 Å². The number of H-pyrrole nitrogens is 1. The highest BCUT2D eigenvalue weighted by Gasteiger charge is 2.30. The van der Waals surface area contributed by atoms with Crippen LogP contribution in [0.1, 0.15) is 36.5 Å². The minimum absolute atomic E-state index is 0.0593. The van der Waals surface area contributed by atoms with Gasteiger partial charge in [0.25, 0.3) is 5.56 Å². The summed E-state index contributed by atoms with van der Waals surface area (Å²) in [5, 5.41) is 3.95. The van der Waals surface area contributed by atoms with Crippen LogP contribution < -0.4 is 10.9 Å². The SMILES string of the molecule is CCNC(=O)[C@@H]1CCCN1Cc1cc2cc(C)cc(C)c2[nH]c1=O. The largest absolute Gasteiger partial charge is 0.355 e. The van der Waals surface area contributed by atoms with Gasteiger partial charge in [0.05, 0.1) is 11.6 Å². The lowest BCUT2D eigenvalue weighted by Crippen LogP contribution is -2.43. The summed E-state index contributed by atoms with van der Waals surface area (Å²) in [4.78, 5) is 29.8. The van der Waals surface area contributed by atoms with E-state index in [1.165, 1.54) is 5.56 Å². The van der Waals surface area contributed by atoms with E-state index in [1.54, 1.807) is 0 Å². The van der Waals surface area contributed by atoms with Crippen molar-refractivity contribution in [3.63, 3.8) is 0 Å². The third kappa shape index (κ3) is 3.22. The summed E-state index contributed by atoms with van der Waals surface area (Å²) in [7, 11) is 0. The molecule has 0 unspecified atom stereocenters. The topological polar surface area (TPSA) is 65.2 Å². The smallest absolute Gasteiger partial charge is 0.252 e. The molecule has 2 N–H and O–H groups in total. The maximum absolute atomic E-state index is 12.5. The molecule has 3 rings (SSSR count). The highest BCUT2D eigenvalue weighted by Crippen LogP contribution is 2.22. The normalized spacial score (nSPS) is 18.2. The molecule has 128 valence electrons. The van der Waals surface area contributed by atoms with Crippen molar-refractivity contribution in [2.75, 3.05) is 13.1 Å². The molecule has 2 heterocycles. The zero-order valence-corrected chi connectivity index (χ0v) is 14.6. The average Bonchev–Trinajstić information content (AvgIpc) is 2.97. The Kier molecular flexibility index (Phi) is 4.71. The van der Waals surface area contributed by atoms with Crippen molar-refractivity contribution in [3.05, 3.63) is 45.2 Å². The zero-order chi connectivity index (χ0) is 17.3. The number of carbonyl (C=O) groups is 1. The van der Waals surface area contributed by atoms with Crippen LogP contribution >= 0.6 is 0 Å². The number of amides is 1. The van der Waals surface area contributed by atoms with Crippen molar-refractivity contribution in [3.8, 4) is 0 Å². The monoisotopic (exact) mass is 327 g/mol. The Morgan fingerprint density at radius 1 is 1.33 bits per heavy atom. The van der Waals surface area contributed by atoms with Crippen molar-refractivity contribution in [2.45, 2.75) is 46.2 Å². The van der Waals surface area contributed by atoms with Gasteiger partial charge in [0, 0.05) is 18.7 Å². The Morgan fingerprint density at radius 3 is 2.88 bits per heavy atom. The highest BCUT2D eigenvalue weighted by molar-refractivity contribution is 5.83. The summed E-state index contributed by atoms with van der Waals surface area (Å²) in [6.07, 6.45) is 1.85. The van der Waals surface area contributed by atoms with Crippen LogP contribution in [0.2, 0.25) is 0 Å². The molecule has 2 aromatic rings. The van der Waals surface area contributed by atoms with E-state index in [-0.39, 0.29) is 17.5 Å². The maximum Gasteiger partial charge on any atom is 0.252 e. The van der Waals surface area contributed by atoms with Gasteiger partial charge in [0.15, 0.2) is 0 Å². The zero-order valence-electron chi connectivity index (χ0n) is 14.6. The second kappa shape index (κ2) is 6.77. The molecular weight excluding hydrogens is 302 g/mol. The molecule has 1 aromatic carbocycles. The second-order valence-electron chi connectivity index (χ2n) is 6.69. The predicted octanol–water partition coefficient (Wildman–Crippen LogP) is 2.25. The molecule has 0 saturated carbocycles. The van der Waals surface area contributed by atoms with Crippen LogP contribution in [0.4, 0.5) is 0 Å². The lowest BCUT2D eigenvalue weighted by Gasteiger charge is -2.23. The van der Waals surface area contributed by atoms with Crippen LogP contribution in [0.25, 0.3) is 10.9 Å². The number of fused-ring (bicyclic) bond motifs is 1. The molecule has 24 heavy (non-hydrogen) atoms. The van der Waals surface area contributed by atoms with Crippen LogP contribution in [-0.2, 0) is 11.3 Å². The van der Waals surface area contributed by atoms with E-state index in [4.69, 9.17) is 0 Å². The van der Waals surface area contributed by atoms with Gasteiger partial charge in [0.1, 0.15) is 0 Å². The van der Waals surface area contributed by atoms with Gasteiger partial charge in [0.2, 0.25) is 5.91 Å². The lowest BCUT2D eigenvalue weighted by molar-refractivity contribution is -0.125. The summed E-state index contributed by atoms with van der Waals surface area (Å²) in [5.74, 6) is 0.0684.